The molecule has 1 aliphatic carbocycles. The second-order valence-electron chi connectivity index (χ2n) is 7.53. The number of hydrogen-bond acceptors (Lipinski definition) is 6. The fourth-order valence-corrected chi connectivity index (χ4v) is 3.94. The summed E-state index contributed by atoms with van der Waals surface area (Å²) in [6, 6.07) is 8.56. The summed E-state index contributed by atoms with van der Waals surface area (Å²) in [7, 11) is 1.63. The van der Waals surface area contributed by atoms with Crippen molar-refractivity contribution >= 4 is 0 Å². The number of nitrogens with zero attached hydrogens (tertiary/aromatic N) is 2. The minimum Gasteiger partial charge on any atom is -0.491 e. The van der Waals surface area contributed by atoms with Gasteiger partial charge in [-0.2, -0.15) is 0 Å². The standard InChI is InChI=1S/C22H29N3O3/c1-26-20-10-9-19(25-22(20)28-18-11-13-27-15-18)21-16(6-5-12-23-21)14-24-17-7-3-2-4-8-17/h5-6,9-10,12,17-18,24H,2-4,7-8,11,13-15H2,1H3/t18-/m1/s1. The van der Waals surface area contributed by atoms with Gasteiger partial charge in [0, 0.05) is 25.2 Å². The normalized spacial score (nSPS) is 20.2. The van der Waals surface area contributed by atoms with E-state index in [0.717, 1.165) is 36.5 Å². The lowest BCUT2D eigenvalue weighted by Crippen LogP contribution is -2.30. The molecule has 6 heteroatoms. The second-order valence-corrected chi connectivity index (χ2v) is 7.53. The molecular formula is C22H29N3O3. The van der Waals surface area contributed by atoms with Gasteiger partial charge in [0.25, 0.3) is 5.88 Å². The molecule has 0 radical (unpaired) electrons. The highest BCUT2D eigenvalue weighted by Crippen LogP contribution is 2.31. The van der Waals surface area contributed by atoms with E-state index in [1.165, 1.54) is 32.1 Å². The Balaban J connectivity index is 1.54. The van der Waals surface area contributed by atoms with Crippen LogP contribution in [-0.2, 0) is 11.3 Å². The zero-order valence-electron chi connectivity index (χ0n) is 16.5. The lowest BCUT2D eigenvalue weighted by molar-refractivity contribution is 0.135. The lowest BCUT2D eigenvalue weighted by Gasteiger charge is -2.23. The van der Waals surface area contributed by atoms with Crippen LogP contribution in [0.4, 0.5) is 0 Å². The molecule has 1 saturated heterocycles. The Morgan fingerprint density at radius 1 is 1.14 bits per heavy atom. The van der Waals surface area contributed by atoms with E-state index >= 15 is 0 Å². The van der Waals surface area contributed by atoms with Gasteiger partial charge in [-0.05, 0) is 36.6 Å². The number of ether oxygens (including phenoxy) is 3. The molecule has 2 aromatic heterocycles. The van der Waals surface area contributed by atoms with Crippen LogP contribution in [0.25, 0.3) is 11.4 Å². The van der Waals surface area contributed by atoms with Crippen LogP contribution in [-0.4, -0.2) is 42.4 Å². The maximum absolute atomic E-state index is 6.05. The molecule has 0 spiro atoms. The minimum atomic E-state index is 0.0211. The molecule has 2 fully saturated rings. The Bertz CT molecular complexity index is 771. The zero-order chi connectivity index (χ0) is 19.2. The highest BCUT2D eigenvalue weighted by molar-refractivity contribution is 5.60. The van der Waals surface area contributed by atoms with Crippen molar-refractivity contribution in [2.24, 2.45) is 0 Å². The van der Waals surface area contributed by atoms with Crippen molar-refractivity contribution in [1.29, 1.82) is 0 Å². The summed E-state index contributed by atoms with van der Waals surface area (Å²) in [6.45, 7) is 2.12. The molecule has 1 atom stereocenters. The minimum absolute atomic E-state index is 0.0211. The average Bonchev–Trinajstić information content (AvgIpc) is 3.26. The number of nitrogens with one attached hydrogen (secondary N) is 1. The second kappa shape index (κ2) is 9.34. The SMILES string of the molecule is COc1ccc(-c2ncccc2CNC2CCCCC2)nc1O[C@@H]1CCOC1. The molecule has 6 nitrogen and oxygen atoms in total. The number of methoxy groups -OCH3 is 1. The smallest absolute Gasteiger partial charge is 0.257 e. The van der Waals surface area contributed by atoms with E-state index in [1.54, 1.807) is 7.11 Å². The van der Waals surface area contributed by atoms with Crippen LogP contribution >= 0.6 is 0 Å². The molecule has 0 amide bonds. The van der Waals surface area contributed by atoms with Crippen molar-refractivity contribution in [3.8, 4) is 23.0 Å². The predicted molar refractivity (Wildman–Crippen MR) is 108 cm³/mol. The third kappa shape index (κ3) is 4.62. The van der Waals surface area contributed by atoms with E-state index in [1.807, 2.05) is 24.4 Å². The van der Waals surface area contributed by atoms with Gasteiger partial charge in [-0.25, -0.2) is 4.98 Å². The molecule has 2 aromatic rings. The van der Waals surface area contributed by atoms with Crippen molar-refractivity contribution < 1.29 is 14.2 Å². The van der Waals surface area contributed by atoms with Crippen molar-refractivity contribution in [2.75, 3.05) is 20.3 Å². The van der Waals surface area contributed by atoms with Crippen LogP contribution in [0, 0.1) is 0 Å². The summed E-state index contributed by atoms with van der Waals surface area (Å²) in [4.78, 5) is 9.36. The van der Waals surface area contributed by atoms with Gasteiger partial charge in [-0.3, -0.25) is 4.98 Å². The van der Waals surface area contributed by atoms with Crippen molar-refractivity contribution in [1.82, 2.24) is 15.3 Å². The zero-order valence-corrected chi connectivity index (χ0v) is 16.5. The Kier molecular flexibility index (Phi) is 6.39. The van der Waals surface area contributed by atoms with Gasteiger partial charge >= 0.3 is 0 Å². The molecular weight excluding hydrogens is 354 g/mol. The third-order valence-electron chi connectivity index (χ3n) is 5.53. The van der Waals surface area contributed by atoms with Gasteiger partial charge in [-0.1, -0.05) is 25.3 Å². The Hall–Kier alpha value is -2.18. The number of hydrogen-bond donors (Lipinski definition) is 1. The van der Waals surface area contributed by atoms with Gasteiger partial charge in [0.15, 0.2) is 5.75 Å². The van der Waals surface area contributed by atoms with Crippen molar-refractivity contribution in [2.45, 2.75) is 57.2 Å². The van der Waals surface area contributed by atoms with E-state index < -0.39 is 0 Å². The van der Waals surface area contributed by atoms with Gasteiger partial charge in [0.1, 0.15) is 6.10 Å². The van der Waals surface area contributed by atoms with Gasteiger partial charge in [0.05, 0.1) is 31.7 Å². The monoisotopic (exact) mass is 383 g/mol. The molecule has 1 saturated carbocycles. The van der Waals surface area contributed by atoms with E-state index in [-0.39, 0.29) is 6.10 Å². The summed E-state index contributed by atoms with van der Waals surface area (Å²) in [5, 5.41) is 3.70. The van der Waals surface area contributed by atoms with Gasteiger partial charge in [-0.15, -0.1) is 0 Å². The number of aromatic nitrogens is 2. The lowest BCUT2D eigenvalue weighted by atomic mass is 9.95. The molecule has 3 heterocycles. The van der Waals surface area contributed by atoms with Crippen LogP contribution in [0.5, 0.6) is 11.6 Å². The highest BCUT2D eigenvalue weighted by atomic mass is 16.6. The molecule has 1 aliphatic heterocycles. The fourth-order valence-electron chi connectivity index (χ4n) is 3.94. The van der Waals surface area contributed by atoms with E-state index in [9.17, 15) is 0 Å². The van der Waals surface area contributed by atoms with E-state index in [0.29, 0.717) is 24.3 Å². The van der Waals surface area contributed by atoms with Crippen LogP contribution in [0.1, 0.15) is 44.1 Å². The van der Waals surface area contributed by atoms with Gasteiger partial charge < -0.3 is 19.5 Å². The maximum Gasteiger partial charge on any atom is 0.257 e. The van der Waals surface area contributed by atoms with Crippen LogP contribution < -0.4 is 14.8 Å². The van der Waals surface area contributed by atoms with Crippen LogP contribution in [0.2, 0.25) is 0 Å². The number of pyridine rings is 2. The molecule has 0 aromatic carbocycles. The van der Waals surface area contributed by atoms with Gasteiger partial charge in [0.2, 0.25) is 0 Å². The molecule has 28 heavy (non-hydrogen) atoms. The molecule has 0 bridgehead atoms. The van der Waals surface area contributed by atoms with Crippen molar-refractivity contribution in [3.05, 3.63) is 36.0 Å². The first-order valence-corrected chi connectivity index (χ1v) is 10.3. The highest BCUT2D eigenvalue weighted by Gasteiger charge is 2.21. The molecule has 1 N–H and O–H groups in total. The summed E-state index contributed by atoms with van der Waals surface area (Å²) >= 11 is 0. The molecule has 2 aliphatic rings. The number of rotatable bonds is 7. The first-order chi connectivity index (χ1) is 13.8. The summed E-state index contributed by atoms with van der Waals surface area (Å²) < 4.78 is 16.9. The Morgan fingerprint density at radius 3 is 2.82 bits per heavy atom. The maximum atomic E-state index is 6.05. The fraction of sp³-hybridized carbons (Fsp3) is 0.545. The van der Waals surface area contributed by atoms with Crippen LogP contribution in [0.15, 0.2) is 30.5 Å². The summed E-state index contributed by atoms with van der Waals surface area (Å²) in [5.41, 5.74) is 2.85. The Morgan fingerprint density at radius 2 is 2.04 bits per heavy atom. The topological polar surface area (TPSA) is 65.5 Å². The quantitative estimate of drug-likeness (QED) is 0.786. The largest absolute Gasteiger partial charge is 0.491 e. The summed E-state index contributed by atoms with van der Waals surface area (Å²) in [6.07, 6.45) is 9.24. The van der Waals surface area contributed by atoms with E-state index in [4.69, 9.17) is 19.2 Å². The molecule has 150 valence electrons. The van der Waals surface area contributed by atoms with Crippen molar-refractivity contribution in [3.63, 3.8) is 0 Å². The molecule has 0 unspecified atom stereocenters. The van der Waals surface area contributed by atoms with E-state index in [2.05, 4.69) is 16.4 Å². The molecule has 4 rings (SSSR count). The predicted octanol–water partition coefficient (Wildman–Crippen LogP) is 3.74. The average molecular weight is 383 g/mol. The summed E-state index contributed by atoms with van der Waals surface area (Å²) in [5.74, 6) is 1.14. The first-order valence-electron chi connectivity index (χ1n) is 10.3. The van der Waals surface area contributed by atoms with Crippen LogP contribution in [0.3, 0.4) is 0 Å². The first kappa shape index (κ1) is 19.2. The third-order valence-corrected chi connectivity index (χ3v) is 5.53. The Labute approximate surface area is 166 Å².